The van der Waals surface area contributed by atoms with Crippen molar-refractivity contribution in [3.05, 3.63) is 87.3 Å². The minimum Gasteiger partial charge on any atom is -0.435 e. The number of aromatic nitrogens is 3. The van der Waals surface area contributed by atoms with E-state index in [1.165, 1.54) is 32.6 Å². The molecule has 4 aromatic heterocycles. The molecule has 0 fully saturated rings. The second kappa shape index (κ2) is 9.57. The normalized spacial score (nSPS) is 11.2. The van der Waals surface area contributed by atoms with E-state index in [0.29, 0.717) is 5.89 Å². The first-order chi connectivity index (χ1) is 16.6. The van der Waals surface area contributed by atoms with E-state index in [-0.39, 0.29) is 0 Å². The summed E-state index contributed by atoms with van der Waals surface area (Å²) >= 11 is 3.48. The zero-order chi connectivity index (χ0) is 23.7. The van der Waals surface area contributed by atoms with Crippen LogP contribution in [0.15, 0.2) is 70.7 Å². The molecule has 6 heteroatoms. The Morgan fingerprint density at radius 2 is 1.76 bits per heavy atom. The number of rotatable bonds is 5. The van der Waals surface area contributed by atoms with E-state index in [1.807, 2.05) is 43.5 Å². The van der Waals surface area contributed by atoms with Crippen molar-refractivity contribution in [1.82, 2.24) is 14.5 Å². The molecule has 4 nitrogen and oxygen atoms in total. The van der Waals surface area contributed by atoms with Gasteiger partial charge in [-0.3, -0.25) is 0 Å². The fourth-order valence-electron chi connectivity index (χ4n) is 4.01. The molecule has 0 N–H and O–H groups in total. The van der Waals surface area contributed by atoms with Gasteiger partial charge >= 0.3 is 0 Å². The van der Waals surface area contributed by atoms with Crippen molar-refractivity contribution in [2.24, 2.45) is 0 Å². The Morgan fingerprint density at radius 1 is 0.941 bits per heavy atom. The number of benzene rings is 2. The van der Waals surface area contributed by atoms with Crippen LogP contribution in [0.1, 0.15) is 34.9 Å². The number of nitrogens with zero attached hydrogens (tertiary/aromatic N) is 3. The monoisotopic (exact) mass is 485 g/mol. The van der Waals surface area contributed by atoms with Crippen LogP contribution in [0.2, 0.25) is 0 Å². The molecule has 0 amide bonds. The van der Waals surface area contributed by atoms with Gasteiger partial charge in [-0.2, -0.15) is 0 Å². The molecule has 4 heterocycles. The summed E-state index contributed by atoms with van der Waals surface area (Å²) in [5.74, 6) is 0.655. The van der Waals surface area contributed by atoms with Gasteiger partial charge in [-0.05, 0) is 62.2 Å². The summed E-state index contributed by atoms with van der Waals surface area (Å²) in [5.41, 5.74) is 6.65. The average molecular weight is 486 g/mol. The van der Waals surface area contributed by atoms with Crippen LogP contribution in [0.4, 0.5) is 0 Å². The van der Waals surface area contributed by atoms with Crippen molar-refractivity contribution in [2.75, 3.05) is 0 Å². The second-order valence-electron chi connectivity index (χ2n) is 8.13. The molecule has 0 radical (unpaired) electrons. The van der Waals surface area contributed by atoms with Gasteiger partial charge in [0.05, 0.1) is 22.4 Å². The fraction of sp³-hybridized carbons (Fsp3) is 0.214. The Morgan fingerprint density at radius 3 is 2.65 bits per heavy atom. The molecule has 0 unspecified atom stereocenters. The molecule has 0 saturated carbocycles. The molecule has 0 aliphatic carbocycles. The molecule has 0 saturated heterocycles. The number of aryl methyl sites for hydroxylation is 4. The lowest BCUT2D eigenvalue weighted by Crippen LogP contribution is -1.90. The Balaban J connectivity index is 0.00000117. The maximum absolute atomic E-state index is 5.96. The predicted octanol–water partition coefficient (Wildman–Crippen LogP) is 8.38. The summed E-state index contributed by atoms with van der Waals surface area (Å²) in [6.07, 6.45) is 5.93. The maximum atomic E-state index is 5.96. The number of thiophene rings is 1. The molecule has 0 atom stereocenters. The topological polar surface area (TPSA) is 43.9 Å². The Hall–Kier alpha value is -3.22. The van der Waals surface area contributed by atoms with E-state index in [9.17, 15) is 0 Å². The van der Waals surface area contributed by atoms with E-state index in [4.69, 9.17) is 4.42 Å². The van der Waals surface area contributed by atoms with Crippen LogP contribution < -0.4 is 0 Å². The highest BCUT2D eigenvalue weighted by Crippen LogP contribution is 2.30. The molecule has 6 rings (SSSR count). The molecule has 172 valence electrons. The first-order valence-electron chi connectivity index (χ1n) is 11.6. The zero-order valence-corrected chi connectivity index (χ0v) is 21.5. The number of thiazole rings is 1. The van der Waals surface area contributed by atoms with Gasteiger partial charge in [0.25, 0.3) is 0 Å². The zero-order valence-electron chi connectivity index (χ0n) is 19.8. The van der Waals surface area contributed by atoms with Crippen molar-refractivity contribution in [1.29, 1.82) is 0 Å². The summed E-state index contributed by atoms with van der Waals surface area (Å²) in [6, 6.07) is 17.2. The Labute approximate surface area is 207 Å². The quantitative estimate of drug-likeness (QED) is 0.246. The molecule has 34 heavy (non-hydrogen) atoms. The van der Waals surface area contributed by atoms with Crippen LogP contribution in [-0.2, 0) is 12.8 Å². The van der Waals surface area contributed by atoms with Crippen LogP contribution in [0.5, 0.6) is 0 Å². The van der Waals surface area contributed by atoms with Gasteiger partial charge < -0.3 is 8.98 Å². The van der Waals surface area contributed by atoms with Gasteiger partial charge in [0.2, 0.25) is 5.89 Å². The van der Waals surface area contributed by atoms with E-state index >= 15 is 0 Å². The smallest absolute Gasteiger partial charge is 0.239 e. The van der Waals surface area contributed by atoms with Gasteiger partial charge in [-0.1, -0.05) is 31.5 Å². The Kier molecular flexibility index (Phi) is 6.35. The lowest BCUT2D eigenvalue weighted by Gasteiger charge is -2.02. The molecule has 0 spiro atoms. The van der Waals surface area contributed by atoms with E-state index in [1.54, 1.807) is 11.3 Å². The highest BCUT2D eigenvalue weighted by molar-refractivity contribution is 7.15. The third-order valence-electron chi connectivity index (χ3n) is 5.66. The summed E-state index contributed by atoms with van der Waals surface area (Å²) in [4.78, 5) is 11.6. The first-order valence-corrected chi connectivity index (χ1v) is 13.3. The van der Waals surface area contributed by atoms with Gasteiger partial charge in [0, 0.05) is 28.3 Å². The number of hydrogen-bond acceptors (Lipinski definition) is 5. The number of fused-ring (bicyclic) bond motifs is 2. The second-order valence-corrected chi connectivity index (χ2v) is 10.2. The number of hydrogen-bond donors (Lipinski definition) is 0. The van der Waals surface area contributed by atoms with Crippen molar-refractivity contribution in [3.63, 3.8) is 0 Å². The Bertz CT molecular complexity index is 1570. The van der Waals surface area contributed by atoms with Crippen molar-refractivity contribution < 1.29 is 4.42 Å². The molecular weight excluding hydrogens is 458 g/mol. The molecule has 2 aromatic carbocycles. The predicted molar refractivity (Wildman–Crippen MR) is 144 cm³/mol. The van der Waals surface area contributed by atoms with Crippen LogP contribution in [0.25, 0.3) is 38.5 Å². The van der Waals surface area contributed by atoms with Crippen molar-refractivity contribution in [3.8, 4) is 16.5 Å². The third kappa shape index (κ3) is 4.43. The minimum atomic E-state index is 0.655. The van der Waals surface area contributed by atoms with E-state index in [2.05, 4.69) is 76.4 Å². The summed E-state index contributed by atoms with van der Waals surface area (Å²) < 4.78 is 8.23. The van der Waals surface area contributed by atoms with Gasteiger partial charge in [0.15, 0.2) is 5.58 Å². The van der Waals surface area contributed by atoms with E-state index in [0.717, 1.165) is 33.8 Å². The van der Waals surface area contributed by atoms with Crippen LogP contribution >= 0.6 is 22.7 Å². The van der Waals surface area contributed by atoms with Crippen LogP contribution in [0, 0.1) is 13.8 Å². The van der Waals surface area contributed by atoms with Gasteiger partial charge in [-0.25, -0.2) is 9.97 Å². The third-order valence-corrected chi connectivity index (χ3v) is 7.69. The van der Waals surface area contributed by atoms with Crippen LogP contribution in [0.3, 0.4) is 0 Å². The van der Waals surface area contributed by atoms with Crippen molar-refractivity contribution in [2.45, 2.75) is 40.5 Å². The van der Waals surface area contributed by atoms with Crippen molar-refractivity contribution >= 4 is 44.7 Å². The van der Waals surface area contributed by atoms with Crippen LogP contribution in [-0.4, -0.2) is 14.5 Å². The largest absolute Gasteiger partial charge is 0.435 e. The standard InChI is InChI=1S/C26H21N3OS2.C2H6/c1-16-4-7-22-18(11-16)9-10-29(22)19-13-20(31-15-19)5-8-25-27-14-24(32-25)26-28-21-6-3-17(2)12-23(21)30-26;1-2/h3-4,6-7,9-15H,5,8H2,1-2H3;1-2H3. The van der Waals surface area contributed by atoms with E-state index < -0.39 is 0 Å². The lowest BCUT2D eigenvalue weighted by atomic mass is 10.2. The lowest BCUT2D eigenvalue weighted by molar-refractivity contribution is 0.621. The molecule has 6 aromatic rings. The summed E-state index contributed by atoms with van der Waals surface area (Å²) in [7, 11) is 0. The minimum absolute atomic E-state index is 0.655. The SMILES string of the molecule is CC.Cc1ccc2c(ccn2-c2csc(CCc3ncc(-c4nc5ccc(C)cc5o4)s3)c2)c1. The summed E-state index contributed by atoms with van der Waals surface area (Å²) in [6.45, 7) is 8.19. The highest BCUT2D eigenvalue weighted by atomic mass is 32.1. The first kappa shape index (κ1) is 22.6. The average Bonchev–Trinajstić information content (AvgIpc) is 3.63. The molecule has 0 aliphatic rings. The van der Waals surface area contributed by atoms with Gasteiger partial charge in [0.1, 0.15) is 10.4 Å². The number of oxazole rings is 1. The molecule has 0 bridgehead atoms. The van der Waals surface area contributed by atoms with Gasteiger partial charge in [-0.15, -0.1) is 22.7 Å². The fourth-order valence-corrected chi connectivity index (χ4v) is 5.71. The molecular formula is C28H27N3OS2. The highest BCUT2D eigenvalue weighted by Gasteiger charge is 2.13. The molecule has 0 aliphatic heterocycles. The maximum Gasteiger partial charge on any atom is 0.239 e. The summed E-state index contributed by atoms with van der Waals surface area (Å²) in [5, 5.41) is 4.63.